The fourth-order valence-electron chi connectivity index (χ4n) is 1.43. The highest BCUT2D eigenvalue weighted by Crippen LogP contribution is 2.16. The van der Waals surface area contributed by atoms with E-state index in [0.29, 0.717) is 5.69 Å². The van der Waals surface area contributed by atoms with Gasteiger partial charge in [0.1, 0.15) is 5.82 Å². The van der Waals surface area contributed by atoms with Gasteiger partial charge >= 0.3 is 0 Å². The minimum absolute atomic E-state index is 0.667. The zero-order valence-electron chi connectivity index (χ0n) is 8.01. The average Bonchev–Trinajstić information content (AvgIpc) is 2.66. The topological polar surface area (TPSA) is 56.7 Å². The van der Waals surface area contributed by atoms with Crippen LogP contribution in [0.1, 0.15) is 12.7 Å². The number of rotatable bonds is 2. The van der Waals surface area contributed by atoms with Crippen LogP contribution < -0.4 is 5.73 Å². The molecule has 0 amide bonds. The second kappa shape index (κ2) is 3.49. The second-order valence-electron chi connectivity index (χ2n) is 3.00. The van der Waals surface area contributed by atoms with Crippen LogP contribution in [0.25, 0.3) is 5.69 Å². The van der Waals surface area contributed by atoms with Gasteiger partial charge < -0.3 is 10.3 Å². The van der Waals surface area contributed by atoms with E-state index in [1.54, 1.807) is 18.6 Å². The van der Waals surface area contributed by atoms with Gasteiger partial charge in [-0.2, -0.15) is 0 Å². The molecule has 0 aromatic carbocycles. The molecule has 0 saturated heterocycles. The van der Waals surface area contributed by atoms with Crippen LogP contribution in [0, 0.1) is 0 Å². The van der Waals surface area contributed by atoms with Gasteiger partial charge in [0.25, 0.3) is 0 Å². The normalized spacial score (nSPS) is 10.4. The van der Waals surface area contributed by atoms with Gasteiger partial charge in [-0.3, -0.25) is 4.98 Å². The number of anilines is 1. The molecule has 2 aromatic heterocycles. The van der Waals surface area contributed by atoms with E-state index in [0.717, 1.165) is 17.9 Å². The van der Waals surface area contributed by atoms with Crippen molar-refractivity contribution in [3.8, 4) is 5.69 Å². The van der Waals surface area contributed by atoms with Gasteiger partial charge in [0, 0.05) is 25.0 Å². The molecule has 0 aliphatic heterocycles. The highest BCUT2D eigenvalue weighted by Gasteiger charge is 2.05. The Balaban J connectivity index is 2.54. The third-order valence-electron chi connectivity index (χ3n) is 2.12. The van der Waals surface area contributed by atoms with Crippen molar-refractivity contribution in [1.29, 1.82) is 0 Å². The van der Waals surface area contributed by atoms with E-state index in [1.165, 1.54) is 0 Å². The van der Waals surface area contributed by atoms with Crippen LogP contribution in [0.3, 0.4) is 0 Å². The Labute approximate surface area is 82.4 Å². The molecule has 0 aliphatic carbocycles. The highest BCUT2D eigenvalue weighted by atomic mass is 15.1. The number of pyridine rings is 1. The monoisotopic (exact) mass is 188 g/mol. The largest absolute Gasteiger partial charge is 0.396 e. The number of nitrogen functional groups attached to an aromatic ring is 1. The predicted octanol–water partition coefficient (Wildman–Crippen LogP) is 1.41. The van der Waals surface area contributed by atoms with Crippen LogP contribution >= 0.6 is 0 Å². The lowest BCUT2D eigenvalue weighted by Gasteiger charge is -2.08. The summed E-state index contributed by atoms with van der Waals surface area (Å²) < 4.78 is 1.98. The van der Waals surface area contributed by atoms with Crippen LogP contribution in [0.4, 0.5) is 5.69 Å². The number of nitrogens with two attached hydrogens (primary N) is 1. The van der Waals surface area contributed by atoms with Crippen molar-refractivity contribution in [2.75, 3.05) is 5.73 Å². The van der Waals surface area contributed by atoms with Crippen molar-refractivity contribution < 1.29 is 0 Å². The minimum atomic E-state index is 0.667. The van der Waals surface area contributed by atoms with Gasteiger partial charge in [-0.25, -0.2) is 4.98 Å². The molecular weight excluding hydrogens is 176 g/mol. The van der Waals surface area contributed by atoms with Crippen molar-refractivity contribution in [3.63, 3.8) is 0 Å². The highest BCUT2D eigenvalue weighted by molar-refractivity contribution is 5.55. The van der Waals surface area contributed by atoms with Crippen LogP contribution in [0.15, 0.2) is 30.9 Å². The smallest absolute Gasteiger partial charge is 0.112 e. The van der Waals surface area contributed by atoms with Crippen molar-refractivity contribution in [2.24, 2.45) is 0 Å². The lowest BCUT2D eigenvalue weighted by Crippen LogP contribution is -2.02. The molecule has 2 heterocycles. The Morgan fingerprint density at radius 2 is 2.29 bits per heavy atom. The molecule has 72 valence electrons. The Morgan fingerprint density at radius 1 is 1.43 bits per heavy atom. The van der Waals surface area contributed by atoms with Crippen LogP contribution in [-0.4, -0.2) is 14.5 Å². The van der Waals surface area contributed by atoms with Gasteiger partial charge in [0.15, 0.2) is 0 Å². The Bertz CT molecular complexity index is 433. The molecule has 0 saturated carbocycles. The standard InChI is InChI=1S/C10H12N4/c1-2-10-13-5-6-14(10)9-3-4-12-7-8(9)11/h3-7H,2,11H2,1H3. The van der Waals surface area contributed by atoms with E-state index in [2.05, 4.69) is 16.9 Å². The first kappa shape index (κ1) is 8.74. The molecule has 0 atom stereocenters. The summed E-state index contributed by atoms with van der Waals surface area (Å²) in [6, 6.07) is 1.89. The van der Waals surface area contributed by atoms with Crippen molar-refractivity contribution in [1.82, 2.24) is 14.5 Å². The first-order valence-electron chi connectivity index (χ1n) is 4.55. The van der Waals surface area contributed by atoms with Gasteiger partial charge in [0.2, 0.25) is 0 Å². The number of hydrogen-bond donors (Lipinski definition) is 1. The van der Waals surface area contributed by atoms with Gasteiger partial charge in [-0.1, -0.05) is 6.92 Å². The molecule has 2 aromatic rings. The first-order valence-corrected chi connectivity index (χ1v) is 4.55. The zero-order chi connectivity index (χ0) is 9.97. The maximum Gasteiger partial charge on any atom is 0.112 e. The first-order chi connectivity index (χ1) is 6.83. The molecule has 4 nitrogen and oxygen atoms in total. The molecule has 0 bridgehead atoms. The van der Waals surface area contributed by atoms with Crippen molar-refractivity contribution in [3.05, 3.63) is 36.7 Å². The molecule has 14 heavy (non-hydrogen) atoms. The summed E-state index contributed by atoms with van der Waals surface area (Å²) in [5, 5.41) is 0. The lowest BCUT2D eigenvalue weighted by atomic mass is 10.3. The minimum Gasteiger partial charge on any atom is -0.396 e. The SMILES string of the molecule is CCc1nccn1-c1ccncc1N. The van der Waals surface area contributed by atoms with Crippen LogP contribution in [0.2, 0.25) is 0 Å². The van der Waals surface area contributed by atoms with Crippen molar-refractivity contribution >= 4 is 5.69 Å². The Kier molecular flexibility index (Phi) is 2.18. The fraction of sp³-hybridized carbons (Fsp3) is 0.200. The second-order valence-corrected chi connectivity index (χ2v) is 3.00. The summed E-state index contributed by atoms with van der Waals surface area (Å²) in [5.74, 6) is 1.00. The predicted molar refractivity (Wildman–Crippen MR) is 55.1 cm³/mol. The molecule has 0 fully saturated rings. The summed E-state index contributed by atoms with van der Waals surface area (Å²) in [7, 11) is 0. The van der Waals surface area contributed by atoms with Crippen molar-refractivity contribution in [2.45, 2.75) is 13.3 Å². The molecule has 2 N–H and O–H groups in total. The van der Waals surface area contributed by atoms with Gasteiger partial charge in [-0.15, -0.1) is 0 Å². The molecule has 2 rings (SSSR count). The number of imidazole rings is 1. The van der Waals surface area contributed by atoms with E-state index in [4.69, 9.17) is 5.73 Å². The third kappa shape index (κ3) is 1.35. The summed E-state index contributed by atoms with van der Waals surface area (Å²) in [4.78, 5) is 8.19. The van der Waals surface area contributed by atoms with Gasteiger partial charge in [0.05, 0.1) is 17.6 Å². The molecular formula is C10H12N4. The molecule has 0 unspecified atom stereocenters. The van der Waals surface area contributed by atoms with E-state index in [1.807, 2.05) is 16.8 Å². The summed E-state index contributed by atoms with van der Waals surface area (Å²) >= 11 is 0. The Hall–Kier alpha value is -1.84. The number of aromatic nitrogens is 3. The molecule has 4 heteroatoms. The summed E-state index contributed by atoms with van der Waals surface area (Å²) in [5.41, 5.74) is 7.43. The number of aryl methyl sites for hydroxylation is 1. The summed E-state index contributed by atoms with van der Waals surface area (Å²) in [6.45, 7) is 2.07. The number of hydrogen-bond acceptors (Lipinski definition) is 3. The van der Waals surface area contributed by atoms with Crippen LogP contribution in [0.5, 0.6) is 0 Å². The quantitative estimate of drug-likeness (QED) is 0.775. The maximum atomic E-state index is 5.82. The summed E-state index contributed by atoms with van der Waals surface area (Å²) in [6.07, 6.45) is 7.94. The van der Waals surface area contributed by atoms with E-state index >= 15 is 0 Å². The lowest BCUT2D eigenvalue weighted by molar-refractivity contribution is 0.891. The van der Waals surface area contributed by atoms with E-state index in [-0.39, 0.29) is 0 Å². The number of nitrogens with zero attached hydrogens (tertiary/aromatic N) is 3. The Morgan fingerprint density at radius 3 is 3.00 bits per heavy atom. The van der Waals surface area contributed by atoms with E-state index < -0.39 is 0 Å². The average molecular weight is 188 g/mol. The van der Waals surface area contributed by atoms with Crippen LogP contribution in [-0.2, 0) is 6.42 Å². The van der Waals surface area contributed by atoms with E-state index in [9.17, 15) is 0 Å². The molecule has 0 radical (unpaired) electrons. The molecule has 0 spiro atoms. The molecule has 0 aliphatic rings. The van der Waals surface area contributed by atoms with Gasteiger partial charge in [-0.05, 0) is 6.07 Å². The third-order valence-corrected chi connectivity index (χ3v) is 2.12. The maximum absolute atomic E-state index is 5.82. The zero-order valence-corrected chi connectivity index (χ0v) is 8.01. The fourth-order valence-corrected chi connectivity index (χ4v) is 1.43.